The molecule has 1 aliphatic carbocycles. The topological polar surface area (TPSA) is 29.5 Å². The van der Waals surface area contributed by atoms with Gasteiger partial charge in [-0.2, -0.15) is 0 Å². The summed E-state index contributed by atoms with van der Waals surface area (Å²) in [5.41, 5.74) is 2.65. The first-order valence-electron chi connectivity index (χ1n) is 6.89. The molecule has 18 heavy (non-hydrogen) atoms. The van der Waals surface area contributed by atoms with E-state index in [0.717, 1.165) is 43.6 Å². The van der Waals surface area contributed by atoms with Crippen LogP contribution >= 0.6 is 0 Å². The van der Waals surface area contributed by atoms with E-state index < -0.39 is 0 Å². The predicted molar refractivity (Wildman–Crippen MR) is 73.9 cm³/mol. The number of aliphatic hydroxyl groups excluding tert-OH is 1. The Kier molecular flexibility index (Phi) is 3.96. The second-order valence-corrected chi connectivity index (χ2v) is 6.43. The molecule has 1 aromatic carbocycles. The molecule has 1 unspecified atom stereocenters. The maximum Gasteiger partial charge on any atom is 0.119 e. The van der Waals surface area contributed by atoms with E-state index in [9.17, 15) is 5.11 Å². The van der Waals surface area contributed by atoms with Crippen LogP contribution < -0.4 is 4.74 Å². The molecule has 0 amide bonds. The largest absolute Gasteiger partial charge is 0.494 e. The Hall–Kier alpha value is -1.02. The van der Waals surface area contributed by atoms with Gasteiger partial charge in [-0.1, -0.05) is 26.8 Å². The van der Waals surface area contributed by atoms with E-state index in [1.54, 1.807) is 0 Å². The number of rotatable bonds is 3. The molecule has 0 radical (unpaired) electrons. The van der Waals surface area contributed by atoms with Crippen LogP contribution in [-0.2, 0) is 6.42 Å². The summed E-state index contributed by atoms with van der Waals surface area (Å²) in [5, 5.41) is 9.89. The third-order valence-corrected chi connectivity index (χ3v) is 3.52. The fourth-order valence-electron chi connectivity index (χ4n) is 2.33. The van der Waals surface area contributed by atoms with E-state index in [1.165, 1.54) is 5.56 Å². The van der Waals surface area contributed by atoms with Crippen molar-refractivity contribution in [3.05, 3.63) is 29.3 Å². The minimum Gasteiger partial charge on any atom is -0.494 e. The van der Waals surface area contributed by atoms with Crippen molar-refractivity contribution in [1.29, 1.82) is 0 Å². The zero-order valence-corrected chi connectivity index (χ0v) is 11.7. The Morgan fingerprint density at radius 2 is 2.11 bits per heavy atom. The van der Waals surface area contributed by atoms with Gasteiger partial charge in [0.05, 0.1) is 12.7 Å². The molecule has 1 aromatic rings. The summed E-state index contributed by atoms with van der Waals surface area (Å²) in [5.74, 6) is 0.937. The Morgan fingerprint density at radius 1 is 1.33 bits per heavy atom. The van der Waals surface area contributed by atoms with Gasteiger partial charge in [0.1, 0.15) is 5.75 Å². The van der Waals surface area contributed by atoms with Crippen molar-refractivity contribution in [3.63, 3.8) is 0 Å². The summed E-state index contributed by atoms with van der Waals surface area (Å²) in [6.07, 6.45) is 3.78. The number of aryl methyl sites for hydroxylation is 1. The molecule has 0 saturated carbocycles. The van der Waals surface area contributed by atoms with E-state index in [0.29, 0.717) is 5.41 Å². The van der Waals surface area contributed by atoms with Crippen LogP contribution in [0, 0.1) is 5.41 Å². The fourth-order valence-corrected chi connectivity index (χ4v) is 2.33. The second kappa shape index (κ2) is 5.31. The maximum atomic E-state index is 9.89. The van der Waals surface area contributed by atoms with Gasteiger partial charge in [-0.3, -0.25) is 0 Å². The molecule has 0 bridgehead atoms. The molecule has 0 spiro atoms. The smallest absolute Gasteiger partial charge is 0.119 e. The van der Waals surface area contributed by atoms with Crippen LogP contribution in [0.15, 0.2) is 18.2 Å². The van der Waals surface area contributed by atoms with E-state index in [2.05, 4.69) is 26.8 Å². The molecule has 2 nitrogen and oxygen atoms in total. The molecule has 0 aromatic heterocycles. The molecule has 1 aliphatic rings. The first-order valence-corrected chi connectivity index (χ1v) is 6.89. The molecule has 0 saturated heterocycles. The third kappa shape index (κ3) is 3.49. The summed E-state index contributed by atoms with van der Waals surface area (Å²) in [6, 6.07) is 6.10. The SMILES string of the molecule is CC(C)(C)CCOc1ccc2c(c1)CCCC2O. The van der Waals surface area contributed by atoms with Crippen LogP contribution in [0.25, 0.3) is 0 Å². The second-order valence-electron chi connectivity index (χ2n) is 6.43. The quantitative estimate of drug-likeness (QED) is 0.880. The van der Waals surface area contributed by atoms with E-state index in [4.69, 9.17) is 4.74 Å². The molecule has 2 heteroatoms. The molecule has 1 atom stereocenters. The van der Waals surface area contributed by atoms with Gasteiger partial charge in [0.15, 0.2) is 0 Å². The zero-order chi connectivity index (χ0) is 13.2. The Balaban J connectivity index is 1.99. The summed E-state index contributed by atoms with van der Waals surface area (Å²) in [7, 11) is 0. The molecular weight excluding hydrogens is 224 g/mol. The molecule has 0 fully saturated rings. The normalized spacial score (nSPS) is 19.4. The van der Waals surface area contributed by atoms with Crippen LogP contribution in [0.4, 0.5) is 0 Å². The van der Waals surface area contributed by atoms with Crippen molar-refractivity contribution in [2.75, 3.05) is 6.61 Å². The number of aliphatic hydroxyl groups is 1. The highest BCUT2D eigenvalue weighted by Crippen LogP contribution is 2.32. The van der Waals surface area contributed by atoms with Crippen molar-refractivity contribution < 1.29 is 9.84 Å². The van der Waals surface area contributed by atoms with E-state index in [-0.39, 0.29) is 6.10 Å². The number of hydrogen-bond donors (Lipinski definition) is 1. The number of ether oxygens (including phenoxy) is 1. The van der Waals surface area contributed by atoms with Crippen molar-refractivity contribution in [1.82, 2.24) is 0 Å². The van der Waals surface area contributed by atoms with Gasteiger partial charge >= 0.3 is 0 Å². The molecule has 2 rings (SSSR count). The van der Waals surface area contributed by atoms with E-state index >= 15 is 0 Å². The number of hydrogen-bond acceptors (Lipinski definition) is 2. The van der Waals surface area contributed by atoms with Gasteiger partial charge in [-0.05, 0) is 54.4 Å². The van der Waals surface area contributed by atoms with Crippen LogP contribution in [0.1, 0.15) is 57.3 Å². The first kappa shape index (κ1) is 13.4. The third-order valence-electron chi connectivity index (χ3n) is 3.52. The van der Waals surface area contributed by atoms with E-state index in [1.807, 2.05) is 12.1 Å². The van der Waals surface area contributed by atoms with Gasteiger partial charge in [0.25, 0.3) is 0 Å². The van der Waals surface area contributed by atoms with Crippen LogP contribution in [-0.4, -0.2) is 11.7 Å². The van der Waals surface area contributed by atoms with Gasteiger partial charge < -0.3 is 9.84 Å². The van der Waals surface area contributed by atoms with Crippen molar-refractivity contribution in [2.45, 2.75) is 52.6 Å². The fraction of sp³-hybridized carbons (Fsp3) is 0.625. The summed E-state index contributed by atoms with van der Waals surface area (Å²) in [6.45, 7) is 7.42. The molecule has 0 heterocycles. The lowest BCUT2D eigenvalue weighted by Crippen LogP contribution is -2.12. The van der Waals surface area contributed by atoms with Crippen LogP contribution in [0.3, 0.4) is 0 Å². The highest BCUT2D eigenvalue weighted by atomic mass is 16.5. The molecular formula is C16H24O2. The van der Waals surface area contributed by atoms with Crippen molar-refractivity contribution in [2.24, 2.45) is 5.41 Å². The minimum absolute atomic E-state index is 0.280. The van der Waals surface area contributed by atoms with Gasteiger partial charge in [-0.25, -0.2) is 0 Å². The average Bonchev–Trinajstić information content (AvgIpc) is 2.27. The number of fused-ring (bicyclic) bond motifs is 1. The zero-order valence-electron chi connectivity index (χ0n) is 11.7. The first-order chi connectivity index (χ1) is 8.46. The van der Waals surface area contributed by atoms with Crippen molar-refractivity contribution in [3.8, 4) is 5.75 Å². The number of benzene rings is 1. The Morgan fingerprint density at radius 3 is 2.83 bits per heavy atom. The highest BCUT2D eigenvalue weighted by molar-refractivity contribution is 5.38. The van der Waals surface area contributed by atoms with Gasteiger partial charge in [-0.15, -0.1) is 0 Å². The van der Waals surface area contributed by atoms with Gasteiger partial charge in [0, 0.05) is 0 Å². The summed E-state index contributed by atoms with van der Waals surface area (Å²) >= 11 is 0. The molecule has 0 aliphatic heterocycles. The van der Waals surface area contributed by atoms with Crippen LogP contribution in [0.2, 0.25) is 0 Å². The Labute approximate surface area is 110 Å². The lowest BCUT2D eigenvalue weighted by atomic mass is 9.89. The monoisotopic (exact) mass is 248 g/mol. The van der Waals surface area contributed by atoms with Gasteiger partial charge in [0.2, 0.25) is 0 Å². The van der Waals surface area contributed by atoms with Crippen LogP contribution in [0.5, 0.6) is 5.75 Å². The minimum atomic E-state index is -0.280. The maximum absolute atomic E-state index is 9.89. The van der Waals surface area contributed by atoms with Crippen molar-refractivity contribution >= 4 is 0 Å². The lowest BCUT2D eigenvalue weighted by molar-refractivity contribution is 0.156. The molecule has 100 valence electrons. The Bertz CT molecular complexity index is 404. The summed E-state index contributed by atoms with van der Waals surface area (Å²) in [4.78, 5) is 0. The molecule has 1 N–H and O–H groups in total. The lowest BCUT2D eigenvalue weighted by Gasteiger charge is -2.22. The predicted octanol–water partition coefficient (Wildman–Crippen LogP) is 3.87. The average molecular weight is 248 g/mol. The highest BCUT2D eigenvalue weighted by Gasteiger charge is 2.18. The summed E-state index contributed by atoms with van der Waals surface area (Å²) < 4.78 is 5.80. The standard InChI is InChI=1S/C16H24O2/c1-16(2,3)9-10-18-13-7-8-14-12(11-13)5-4-6-15(14)17/h7-8,11,15,17H,4-6,9-10H2,1-3H3.